The Morgan fingerprint density at radius 2 is 2.06 bits per heavy atom. The summed E-state index contributed by atoms with van der Waals surface area (Å²) in [6, 6.07) is 5.83. The zero-order valence-electron chi connectivity index (χ0n) is 9.61. The topological polar surface area (TPSA) is 29.9 Å². The first-order valence-electron chi connectivity index (χ1n) is 5.34. The van der Waals surface area contributed by atoms with Crippen molar-refractivity contribution in [1.29, 1.82) is 0 Å². The lowest BCUT2D eigenvalue weighted by Gasteiger charge is -2.13. The molecule has 1 heterocycles. The molecule has 0 radical (unpaired) electrons. The summed E-state index contributed by atoms with van der Waals surface area (Å²) >= 11 is 12.2. The van der Waals surface area contributed by atoms with Gasteiger partial charge in [0.15, 0.2) is 0 Å². The predicted molar refractivity (Wildman–Crippen MR) is 72.3 cm³/mol. The number of aromatic nitrogens is 2. The average molecular weight is 270 g/mol. The second kappa shape index (κ2) is 4.98. The summed E-state index contributed by atoms with van der Waals surface area (Å²) in [6.07, 6.45) is 3.57. The van der Waals surface area contributed by atoms with E-state index in [0.29, 0.717) is 16.1 Å². The molecule has 0 saturated heterocycles. The Kier molecular flexibility index (Phi) is 3.60. The molecule has 2 rings (SSSR count). The highest BCUT2D eigenvalue weighted by atomic mass is 35.5. The highest BCUT2D eigenvalue weighted by Gasteiger charge is 2.10. The molecular formula is C12H13Cl2N3. The number of rotatable bonds is 3. The molecule has 0 saturated carbocycles. The number of nitrogens with one attached hydrogen (secondary N) is 1. The summed E-state index contributed by atoms with van der Waals surface area (Å²) in [4.78, 5) is 4.25. The van der Waals surface area contributed by atoms with Crippen LogP contribution in [-0.4, -0.2) is 15.6 Å². The molecule has 0 aliphatic rings. The van der Waals surface area contributed by atoms with E-state index >= 15 is 0 Å². The molecule has 3 nitrogen and oxygen atoms in total. The molecule has 0 fully saturated rings. The van der Waals surface area contributed by atoms with E-state index in [-0.39, 0.29) is 0 Å². The minimum atomic E-state index is 0.300. The molecule has 90 valence electrons. The lowest BCUT2D eigenvalue weighted by atomic mass is 10.3. The van der Waals surface area contributed by atoms with E-state index in [2.05, 4.69) is 24.1 Å². The van der Waals surface area contributed by atoms with E-state index in [1.165, 1.54) is 0 Å². The highest BCUT2D eigenvalue weighted by Crippen LogP contribution is 2.30. The smallest absolute Gasteiger partial charge is 0.207 e. The van der Waals surface area contributed by atoms with Crippen molar-refractivity contribution in [3.8, 4) is 5.69 Å². The number of imidazole rings is 1. The van der Waals surface area contributed by atoms with Crippen molar-refractivity contribution < 1.29 is 0 Å². The summed E-state index contributed by atoms with van der Waals surface area (Å²) in [5.74, 6) is 0.754. The van der Waals surface area contributed by atoms with Gasteiger partial charge >= 0.3 is 0 Å². The number of hydrogen-bond acceptors (Lipinski definition) is 2. The van der Waals surface area contributed by atoms with Gasteiger partial charge in [0.1, 0.15) is 0 Å². The predicted octanol–water partition coefficient (Wildman–Crippen LogP) is 4.00. The number of hydrogen-bond donors (Lipinski definition) is 1. The van der Waals surface area contributed by atoms with Gasteiger partial charge in [0, 0.05) is 18.4 Å². The molecule has 2 aromatic rings. The minimum absolute atomic E-state index is 0.300. The molecule has 1 aromatic carbocycles. The molecule has 0 amide bonds. The standard InChI is InChI=1S/C12H13Cl2N3/c1-8(2)16-12-15-6-7-17(12)10-5-3-4-9(13)11(10)14/h3-8H,1-2H3,(H,15,16). The molecule has 0 aliphatic carbocycles. The number of nitrogens with zero attached hydrogens (tertiary/aromatic N) is 2. The third-order valence-electron chi connectivity index (χ3n) is 2.25. The van der Waals surface area contributed by atoms with E-state index in [4.69, 9.17) is 23.2 Å². The SMILES string of the molecule is CC(C)Nc1nccn1-c1cccc(Cl)c1Cl. The van der Waals surface area contributed by atoms with E-state index in [1.54, 1.807) is 12.3 Å². The Balaban J connectivity index is 2.46. The first kappa shape index (κ1) is 12.3. The summed E-state index contributed by atoms with van der Waals surface area (Å²) in [5.41, 5.74) is 0.819. The Labute approximate surface area is 110 Å². The molecule has 1 aromatic heterocycles. The van der Waals surface area contributed by atoms with Crippen molar-refractivity contribution in [3.63, 3.8) is 0 Å². The number of halogens is 2. The van der Waals surface area contributed by atoms with Crippen molar-refractivity contribution >= 4 is 29.2 Å². The summed E-state index contributed by atoms with van der Waals surface area (Å²) in [5, 5.41) is 4.31. The normalized spacial score (nSPS) is 10.9. The van der Waals surface area contributed by atoms with Crippen LogP contribution < -0.4 is 5.32 Å². The first-order chi connectivity index (χ1) is 8.09. The Morgan fingerprint density at radius 1 is 1.29 bits per heavy atom. The van der Waals surface area contributed by atoms with Gasteiger partial charge < -0.3 is 5.32 Å². The van der Waals surface area contributed by atoms with Gasteiger partial charge in [0.05, 0.1) is 15.7 Å². The van der Waals surface area contributed by atoms with Crippen LogP contribution in [0.5, 0.6) is 0 Å². The fourth-order valence-corrected chi connectivity index (χ4v) is 1.93. The summed E-state index contributed by atoms with van der Waals surface area (Å²) in [6.45, 7) is 4.11. The highest BCUT2D eigenvalue weighted by molar-refractivity contribution is 6.43. The average Bonchev–Trinajstić information content (AvgIpc) is 2.69. The summed E-state index contributed by atoms with van der Waals surface area (Å²) < 4.78 is 1.88. The number of benzene rings is 1. The van der Waals surface area contributed by atoms with Crippen LogP contribution in [0.15, 0.2) is 30.6 Å². The van der Waals surface area contributed by atoms with Crippen LogP contribution in [0.4, 0.5) is 5.95 Å². The van der Waals surface area contributed by atoms with Crippen LogP contribution in [-0.2, 0) is 0 Å². The molecule has 0 atom stereocenters. The molecule has 1 N–H and O–H groups in total. The van der Waals surface area contributed by atoms with Gasteiger partial charge in [0.2, 0.25) is 5.95 Å². The molecule has 0 spiro atoms. The fourth-order valence-electron chi connectivity index (χ4n) is 1.54. The van der Waals surface area contributed by atoms with Gasteiger partial charge in [-0.1, -0.05) is 29.3 Å². The maximum absolute atomic E-state index is 6.18. The van der Waals surface area contributed by atoms with E-state index < -0.39 is 0 Å². The van der Waals surface area contributed by atoms with Gasteiger partial charge in [-0.05, 0) is 26.0 Å². The van der Waals surface area contributed by atoms with E-state index in [9.17, 15) is 0 Å². The monoisotopic (exact) mass is 269 g/mol. The van der Waals surface area contributed by atoms with Crippen LogP contribution in [0.25, 0.3) is 5.69 Å². The molecule has 5 heteroatoms. The molecule has 0 unspecified atom stereocenters. The third-order valence-corrected chi connectivity index (χ3v) is 3.06. The van der Waals surface area contributed by atoms with Gasteiger partial charge in [-0.15, -0.1) is 0 Å². The second-order valence-corrected chi connectivity index (χ2v) is 4.78. The Hall–Kier alpha value is -1.19. The Bertz CT molecular complexity index is 520. The molecule has 17 heavy (non-hydrogen) atoms. The lowest BCUT2D eigenvalue weighted by Crippen LogP contribution is -2.14. The van der Waals surface area contributed by atoms with Crippen LogP contribution in [0.2, 0.25) is 10.0 Å². The van der Waals surface area contributed by atoms with Crippen LogP contribution in [0.1, 0.15) is 13.8 Å². The number of anilines is 1. The summed E-state index contributed by atoms with van der Waals surface area (Å²) in [7, 11) is 0. The molecular weight excluding hydrogens is 257 g/mol. The second-order valence-electron chi connectivity index (χ2n) is 3.99. The quantitative estimate of drug-likeness (QED) is 0.913. The first-order valence-corrected chi connectivity index (χ1v) is 6.09. The van der Waals surface area contributed by atoms with Crippen molar-refractivity contribution in [2.24, 2.45) is 0 Å². The maximum atomic E-state index is 6.18. The fraction of sp³-hybridized carbons (Fsp3) is 0.250. The maximum Gasteiger partial charge on any atom is 0.207 e. The van der Waals surface area contributed by atoms with Crippen LogP contribution in [0, 0.1) is 0 Å². The molecule has 0 bridgehead atoms. The zero-order valence-corrected chi connectivity index (χ0v) is 11.1. The third kappa shape index (κ3) is 2.56. The van der Waals surface area contributed by atoms with Crippen molar-refractivity contribution in [1.82, 2.24) is 9.55 Å². The van der Waals surface area contributed by atoms with Crippen LogP contribution >= 0.6 is 23.2 Å². The van der Waals surface area contributed by atoms with Gasteiger partial charge in [-0.2, -0.15) is 0 Å². The van der Waals surface area contributed by atoms with Gasteiger partial charge in [0.25, 0.3) is 0 Å². The van der Waals surface area contributed by atoms with Crippen molar-refractivity contribution in [2.45, 2.75) is 19.9 Å². The lowest BCUT2D eigenvalue weighted by molar-refractivity contribution is 0.864. The van der Waals surface area contributed by atoms with Crippen molar-refractivity contribution in [3.05, 3.63) is 40.6 Å². The van der Waals surface area contributed by atoms with E-state index in [0.717, 1.165) is 11.6 Å². The van der Waals surface area contributed by atoms with Crippen molar-refractivity contribution in [2.75, 3.05) is 5.32 Å². The largest absolute Gasteiger partial charge is 0.353 e. The van der Waals surface area contributed by atoms with Gasteiger partial charge in [-0.25, -0.2) is 4.98 Å². The van der Waals surface area contributed by atoms with Gasteiger partial charge in [-0.3, -0.25) is 4.57 Å². The minimum Gasteiger partial charge on any atom is -0.353 e. The van der Waals surface area contributed by atoms with E-state index in [1.807, 2.05) is 22.9 Å². The van der Waals surface area contributed by atoms with Crippen LogP contribution in [0.3, 0.4) is 0 Å². The Morgan fingerprint density at radius 3 is 2.76 bits per heavy atom. The zero-order chi connectivity index (χ0) is 12.4. The molecule has 0 aliphatic heterocycles.